The molecule has 7 heteroatoms. The van der Waals surface area contributed by atoms with E-state index in [-0.39, 0.29) is 5.91 Å². The Hall–Kier alpha value is -3.74. The number of aryl methyl sites for hydroxylation is 1. The molecule has 0 radical (unpaired) electrons. The van der Waals surface area contributed by atoms with Crippen molar-refractivity contribution in [2.75, 3.05) is 31.1 Å². The summed E-state index contributed by atoms with van der Waals surface area (Å²) in [6.07, 6.45) is 5.49. The summed E-state index contributed by atoms with van der Waals surface area (Å²) < 4.78 is 2.13. The molecule has 1 aliphatic heterocycles. The molecule has 5 rings (SSSR count). The molecule has 0 atom stereocenters. The zero-order valence-corrected chi connectivity index (χ0v) is 17.7. The first-order chi connectivity index (χ1) is 15.1. The topological polar surface area (TPSA) is 67.2 Å². The highest BCUT2D eigenvalue weighted by molar-refractivity contribution is 5.82. The normalized spacial score (nSPS) is 14.3. The van der Waals surface area contributed by atoms with Gasteiger partial charge in [0.15, 0.2) is 0 Å². The second-order valence-corrected chi connectivity index (χ2v) is 7.87. The number of piperazine rings is 1. The molecular formula is C24H24N6O. The first-order valence-electron chi connectivity index (χ1n) is 10.5. The molecule has 1 aliphatic rings. The number of benzene rings is 1. The lowest BCUT2D eigenvalue weighted by Crippen LogP contribution is -2.48. The predicted octanol–water partition coefficient (Wildman–Crippen LogP) is 3.46. The SMILES string of the molecule is CC(=O)N1CCN(c2ccc(-c3nc4ccncc4n3-c3ccc(C)cc3)cn2)CC1. The summed E-state index contributed by atoms with van der Waals surface area (Å²) >= 11 is 0. The molecule has 0 unspecified atom stereocenters. The van der Waals surface area contributed by atoms with Crippen molar-refractivity contribution >= 4 is 22.8 Å². The summed E-state index contributed by atoms with van der Waals surface area (Å²) in [5.41, 5.74) is 5.06. The fourth-order valence-corrected chi connectivity index (χ4v) is 4.03. The number of imidazole rings is 1. The van der Waals surface area contributed by atoms with Crippen LogP contribution in [0.2, 0.25) is 0 Å². The number of hydrogen-bond donors (Lipinski definition) is 0. The number of carbonyl (C=O) groups is 1. The van der Waals surface area contributed by atoms with Crippen LogP contribution < -0.4 is 4.90 Å². The molecule has 7 nitrogen and oxygen atoms in total. The molecule has 1 aromatic carbocycles. The van der Waals surface area contributed by atoms with E-state index in [4.69, 9.17) is 9.97 Å². The molecular weight excluding hydrogens is 388 g/mol. The highest BCUT2D eigenvalue weighted by Crippen LogP contribution is 2.29. The smallest absolute Gasteiger partial charge is 0.219 e. The number of pyridine rings is 2. The lowest BCUT2D eigenvalue weighted by atomic mass is 10.2. The van der Waals surface area contributed by atoms with Gasteiger partial charge in [0, 0.05) is 56.7 Å². The van der Waals surface area contributed by atoms with Gasteiger partial charge in [-0.25, -0.2) is 9.97 Å². The largest absolute Gasteiger partial charge is 0.353 e. The van der Waals surface area contributed by atoms with Crippen molar-refractivity contribution in [2.45, 2.75) is 13.8 Å². The molecule has 0 N–H and O–H groups in total. The van der Waals surface area contributed by atoms with E-state index in [2.05, 4.69) is 51.7 Å². The average molecular weight is 412 g/mol. The molecule has 156 valence electrons. The molecule has 3 aromatic heterocycles. The first kappa shape index (κ1) is 19.2. The van der Waals surface area contributed by atoms with Gasteiger partial charge in [0.25, 0.3) is 0 Å². The fraction of sp³-hybridized carbons (Fsp3) is 0.250. The highest BCUT2D eigenvalue weighted by Gasteiger charge is 2.20. The first-order valence-corrected chi connectivity index (χ1v) is 10.5. The van der Waals surface area contributed by atoms with E-state index in [1.165, 1.54) is 5.56 Å². The van der Waals surface area contributed by atoms with Crippen molar-refractivity contribution in [3.63, 3.8) is 0 Å². The summed E-state index contributed by atoms with van der Waals surface area (Å²) in [6.45, 7) is 6.75. The lowest BCUT2D eigenvalue weighted by molar-refractivity contribution is -0.129. The van der Waals surface area contributed by atoms with Gasteiger partial charge < -0.3 is 9.80 Å². The Bertz CT molecular complexity index is 1220. The van der Waals surface area contributed by atoms with Gasteiger partial charge in [-0.1, -0.05) is 17.7 Å². The van der Waals surface area contributed by atoms with Crippen LogP contribution in [0.3, 0.4) is 0 Å². The summed E-state index contributed by atoms with van der Waals surface area (Å²) in [7, 11) is 0. The van der Waals surface area contributed by atoms with E-state index in [1.54, 1.807) is 13.1 Å². The molecule has 4 aromatic rings. The number of hydrogen-bond acceptors (Lipinski definition) is 5. The molecule has 31 heavy (non-hydrogen) atoms. The van der Waals surface area contributed by atoms with Crippen LogP contribution in [-0.4, -0.2) is 56.5 Å². The third-order valence-electron chi connectivity index (χ3n) is 5.80. The Morgan fingerprint density at radius 3 is 2.39 bits per heavy atom. The molecule has 4 heterocycles. The zero-order valence-electron chi connectivity index (χ0n) is 17.7. The Morgan fingerprint density at radius 2 is 1.71 bits per heavy atom. The van der Waals surface area contributed by atoms with Gasteiger partial charge in [-0.15, -0.1) is 0 Å². The number of aromatic nitrogens is 4. The summed E-state index contributed by atoms with van der Waals surface area (Å²) in [4.78, 5) is 29.6. The van der Waals surface area contributed by atoms with E-state index in [0.717, 1.165) is 60.1 Å². The van der Waals surface area contributed by atoms with Crippen molar-refractivity contribution in [1.82, 2.24) is 24.4 Å². The van der Waals surface area contributed by atoms with Crippen LogP contribution in [0.15, 0.2) is 61.1 Å². The maximum Gasteiger partial charge on any atom is 0.219 e. The van der Waals surface area contributed by atoms with Gasteiger partial charge in [-0.05, 0) is 37.3 Å². The van der Waals surface area contributed by atoms with Crippen LogP contribution in [-0.2, 0) is 4.79 Å². The number of nitrogens with zero attached hydrogens (tertiary/aromatic N) is 6. The van der Waals surface area contributed by atoms with Crippen LogP contribution in [0, 0.1) is 6.92 Å². The molecule has 0 aliphatic carbocycles. The molecule has 0 saturated carbocycles. The van der Waals surface area contributed by atoms with E-state index in [9.17, 15) is 4.79 Å². The highest BCUT2D eigenvalue weighted by atomic mass is 16.2. The van der Waals surface area contributed by atoms with E-state index >= 15 is 0 Å². The van der Waals surface area contributed by atoms with E-state index in [1.807, 2.05) is 29.4 Å². The Kier molecular flexibility index (Phi) is 4.86. The molecule has 1 fully saturated rings. The Labute approximate surface area is 181 Å². The van der Waals surface area contributed by atoms with Crippen LogP contribution in [0.4, 0.5) is 5.82 Å². The number of amides is 1. The van der Waals surface area contributed by atoms with Gasteiger partial charge in [0.05, 0.1) is 17.2 Å². The minimum atomic E-state index is 0.132. The van der Waals surface area contributed by atoms with E-state index in [0.29, 0.717) is 0 Å². The molecule has 1 amide bonds. The number of carbonyl (C=O) groups excluding carboxylic acids is 1. The Morgan fingerprint density at radius 1 is 0.935 bits per heavy atom. The third-order valence-corrected chi connectivity index (χ3v) is 5.80. The van der Waals surface area contributed by atoms with Crippen molar-refractivity contribution in [3.8, 4) is 17.1 Å². The van der Waals surface area contributed by atoms with Crippen LogP contribution >= 0.6 is 0 Å². The average Bonchev–Trinajstić information content (AvgIpc) is 3.19. The van der Waals surface area contributed by atoms with Crippen molar-refractivity contribution in [1.29, 1.82) is 0 Å². The van der Waals surface area contributed by atoms with Crippen LogP contribution in [0.1, 0.15) is 12.5 Å². The van der Waals surface area contributed by atoms with Crippen molar-refractivity contribution < 1.29 is 4.79 Å². The summed E-state index contributed by atoms with van der Waals surface area (Å²) in [5, 5.41) is 0. The molecule has 1 saturated heterocycles. The summed E-state index contributed by atoms with van der Waals surface area (Å²) in [6, 6.07) is 14.4. The minimum Gasteiger partial charge on any atom is -0.353 e. The van der Waals surface area contributed by atoms with Crippen molar-refractivity contribution in [3.05, 3.63) is 66.6 Å². The second-order valence-electron chi connectivity index (χ2n) is 7.87. The van der Waals surface area contributed by atoms with Crippen LogP contribution in [0.25, 0.3) is 28.1 Å². The standard InChI is InChI=1S/C24H24N6O/c1-17-3-6-20(7-4-17)30-22-16-25-10-9-21(22)27-24(30)19-5-8-23(26-15-19)29-13-11-28(12-14-29)18(2)31/h3-10,15-16H,11-14H2,1-2H3. The summed E-state index contributed by atoms with van der Waals surface area (Å²) in [5.74, 6) is 1.89. The van der Waals surface area contributed by atoms with Crippen molar-refractivity contribution in [2.24, 2.45) is 0 Å². The Balaban J connectivity index is 1.49. The molecule has 0 bridgehead atoms. The third kappa shape index (κ3) is 3.63. The zero-order chi connectivity index (χ0) is 21.4. The fourth-order valence-electron chi connectivity index (χ4n) is 4.03. The van der Waals surface area contributed by atoms with Gasteiger partial charge in [-0.2, -0.15) is 0 Å². The van der Waals surface area contributed by atoms with Gasteiger partial charge >= 0.3 is 0 Å². The lowest BCUT2D eigenvalue weighted by Gasteiger charge is -2.34. The van der Waals surface area contributed by atoms with E-state index < -0.39 is 0 Å². The second kappa shape index (κ2) is 7.83. The number of rotatable bonds is 3. The quantitative estimate of drug-likeness (QED) is 0.516. The maximum atomic E-state index is 11.6. The number of anilines is 1. The minimum absolute atomic E-state index is 0.132. The number of fused-ring (bicyclic) bond motifs is 1. The monoisotopic (exact) mass is 412 g/mol. The van der Waals surface area contributed by atoms with Gasteiger partial charge in [0.2, 0.25) is 5.91 Å². The van der Waals surface area contributed by atoms with Crippen LogP contribution in [0.5, 0.6) is 0 Å². The molecule has 0 spiro atoms. The van der Waals surface area contributed by atoms with Gasteiger partial charge in [0.1, 0.15) is 11.6 Å². The maximum absolute atomic E-state index is 11.6. The predicted molar refractivity (Wildman–Crippen MR) is 121 cm³/mol. The van der Waals surface area contributed by atoms with Gasteiger partial charge in [-0.3, -0.25) is 14.3 Å².